The molecule has 1 N–H and O–H groups in total. The molecule has 1 fully saturated rings. The lowest BCUT2D eigenvalue weighted by molar-refractivity contribution is -0.118. The number of anilines is 2. The molecule has 0 unspecified atom stereocenters. The predicted octanol–water partition coefficient (Wildman–Crippen LogP) is 0.794. The van der Waals surface area contributed by atoms with Gasteiger partial charge < -0.3 is 19.9 Å². The number of carbonyl (C=O) groups excluding carboxylic acids is 3. The number of benzene rings is 1. The highest BCUT2D eigenvalue weighted by Gasteiger charge is 2.18. The third-order valence-electron chi connectivity index (χ3n) is 4.20. The van der Waals surface area contributed by atoms with Crippen LogP contribution < -0.4 is 10.2 Å². The number of carbonyl (C=O) groups is 3. The molecule has 2 aromatic rings. The lowest BCUT2D eigenvalue weighted by Gasteiger charge is -2.33. The SMILES string of the molecule is COC(=O)c1cccc(NC(=O)c2cnc(N3CCN(C=O)CC3)cn2)c1. The van der Waals surface area contributed by atoms with Gasteiger partial charge in [-0.3, -0.25) is 9.59 Å². The number of rotatable bonds is 5. The summed E-state index contributed by atoms with van der Waals surface area (Å²) in [5.41, 5.74) is 0.957. The summed E-state index contributed by atoms with van der Waals surface area (Å²) in [6, 6.07) is 6.44. The molecule has 1 aromatic carbocycles. The van der Waals surface area contributed by atoms with E-state index < -0.39 is 11.9 Å². The van der Waals surface area contributed by atoms with Gasteiger partial charge in [0.25, 0.3) is 5.91 Å². The van der Waals surface area contributed by atoms with Gasteiger partial charge in [-0.05, 0) is 18.2 Å². The number of amides is 2. The van der Waals surface area contributed by atoms with Gasteiger partial charge >= 0.3 is 5.97 Å². The van der Waals surface area contributed by atoms with Crippen LogP contribution in [0.2, 0.25) is 0 Å². The Hall–Kier alpha value is -3.49. The smallest absolute Gasteiger partial charge is 0.337 e. The van der Waals surface area contributed by atoms with E-state index in [0.717, 1.165) is 6.41 Å². The number of esters is 1. The molecule has 0 bridgehead atoms. The molecule has 1 aliphatic rings. The third kappa shape index (κ3) is 4.38. The zero-order valence-corrected chi connectivity index (χ0v) is 14.8. The van der Waals surface area contributed by atoms with E-state index in [-0.39, 0.29) is 5.69 Å². The van der Waals surface area contributed by atoms with E-state index in [1.165, 1.54) is 25.6 Å². The standard InChI is InChI=1S/C18H19N5O4/c1-27-18(26)13-3-2-4-14(9-13)21-17(25)15-10-20-16(11-19-15)23-7-5-22(12-24)6-8-23/h2-4,9-12H,5-8H2,1H3,(H,21,25). The molecular weight excluding hydrogens is 350 g/mol. The molecule has 0 saturated carbocycles. The van der Waals surface area contributed by atoms with Crippen molar-refractivity contribution >= 4 is 29.8 Å². The third-order valence-corrected chi connectivity index (χ3v) is 4.20. The van der Waals surface area contributed by atoms with E-state index in [0.29, 0.717) is 43.2 Å². The summed E-state index contributed by atoms with van der Waals surface area (Å²) in [6.07, 6.45) is 3.78. The second kappa shape index (κ2) is 8.26. The number of nitrogens with one attached hydrogen (secondary N) is 1. The highest BCUT2D eigenvalue weighted by Crippen LogP contribution is 2.14. The van der Waals surface area contributed by atoms with Gasteiger partial charge in [-0.25, -0.2) is 14.8 Å². The maximum atomic E-state index is 12.3. The number of methoxy groups -OCH3 is 1. The Morgan fingerprint density at radius 3 is 2.56 bits per heavy atom. The monoisotopic (exact) mass is 369 g/mol. The summed E-state index contributed by atoms with van der Waals surface area (Å²) < 4.78 is 4.66. The highest BCUT2D eigenvalue weighted by atomic mass is 16.5. The van der Waals surface area contributed by atoms with Crippen LogP contribution in [-0.4, -0.2) is 66.4 Å². The van der Waals surface area contributed by atoms with Gasteiger partial charge in [-0.15, -0.1) is 0 Å². The first-order chi connectivity index (χ1) is 13.1. The first-order valence-corrected chi connectivity index (χ1v) is 8.37. The molecule has 140 valence electrons. The van der Waals surface area contributed by atoms with Crippen molar-refractivity contribution in [3.63, 3.8) is 0 Å². The first-order valence-electron chi connectivity index (χ1n) is 8.37. The summed E-state index contributed by atoms with van der Waals surface area (Å²) in [6.45, 7) is 2.59. The number of hydrogen-bond donors (Lipinski definition) is 1. The Bertz CT molecular complexity index is 832. The normalized spacial score (nSPS) is 13.8. The van der Waals surface area contributed by atoms with E-state index in [1.54, 1.807) is 23.1 Å². The summed E-state index contributed by atoms with van der Waals surface area (Å²) in [5.74, 6) is -0.253. The first kappa shape index (κ1) is 18.3. The minimum Gasteiger partial charge on any atom is -0.465 e. The largest absolute Gasteiger partial charge is 0.465 e. The molecule has 1 saturated heterocycles. The zero-order valence-electron chi connectivity index (χ0n) is 14.8. The minimum atomic E-state index is -0.482. The Balaban J connectivity index is 1.64. The molecule has 27 heavy (non-hydrogen) atoms. The molecular formula is C18H19N5O4. The summed E-state index contributed by atoms with van der Waals surface area (Å²) in [4.78, 5) is 46.8. The Morgan fingerprint density at radius 1 is 1.15 bits per heavy atom. The molecule has 0 radical (unpaired) electrons. The fourth-order valence-electron chi connectivity index (χ4n) is 2.70. The minimum absolute atomic E-state index is 0.161. The second-order valence-corrected chi connectivity index (χ2v) is 5.91. The van der Waals surface area contributed by atoms with Gasteiger partial charge in [0.05, 0.1) is 25.1 Å². The quantitative estimate of drug-likeness (QED) is 0.614. The Morgan fingerprint density at radius 2 is 1.93 bits per heavy atom. The van der Waals surface area contributed by atoms with Crippen LogP contribution in [-0.2, 0) is 9.53 Å². The molecule has 2 amide bonds. The summed E-state index contributed by atoms with van der Waals surface area (Å²) in [7, 11) is 1.30. The van der Waals surface area contributed by atoms with Crippen LogP contribution in [0.5, 0.6) is 0 Å². The summed E-state index contributed by atoms with van der Waals surface area (Å²) >= 11 is 0. The lowest BCUT2D eigenvalue weighted by Crippen LogP contribution is -2.46. The molecule has 0 spiro atoms. The van der Waals surface area contributed by atoms with Crippen molar-refractivity contribution in [3.05, 3.63) is 47.9 Å². The maximum absolute atomic E-state index is 12.3. The van der Waals surface area contributed by atoms with E-state index in [2.05, 4.69) is 20.0 Å². The van der Waals surface area contributed by atoms with Gasteiger partial charge in [0.15, 0.2) is 0 Å². The van der Waals surface area contributed by atoms with Crippen LogP contribution in [0.15, 0.2) is 36.7 Å². The number of piperazine rings is 1. The predicted molar refractivity (Wildman–Crippen MR) is 97.6 cm³/mol. The molecule has 1 aliphatic heterocycles. The van der Waals surface area contributed by atoms with Crippen molar-refractivity contribution < 1.29 is 19.1 Å². The Labute approximate surface area is 156 Å². The second-order valence-electron chi connectivity index (χ2n) is 5.91. The van der Waals surface area contributed by atoms with Gasteiger partial charge in [0.2, 0.25) is 6.41 Å². The van der Waals surface area contributed by atoms with E-state index in [9.17, 15) is 14.4 Å². The van der Waals surface area contributed by atoms with Gasteiger partial charge in [0, 0.05) is 31.9 Å². The van der Waals surface area contributed by atoms with Crippen LogP contribution in [0.3, 0.4) is 0 Å². The van der Waals surface area contributed by atoms with Crippen LogP contribution >= 0.6 is 0 Å². The van der Waals surface area contributed by atoms with Gasteiger partial charge in [-0.2, -0.15) is 0 Å². The van der Waals surface area contributed by atoms with Crippen LogP contribution in [0.4, 0.5) is 11.5 Å². The molecule has 3 rings (SSSR count). The van der Waals surface area contributed by atoms with Crippen molar-refractivity contribution in [1.82, 2.24) is 14.9 Å². The van der Waals surface area contributed by atoms with Crippen molar-refractivity contribution in [2.24, 2.45) is 0 Å². The highest BCUT2D eigenvalue weighted by molar-refractivity contribution is 6.03. The molecule has 9 heteroatoms. The van der Waals surface area contributed by atoms with Crippen LogP contribution in [0, 0.1) is 0 Å². The van der Waals surface area contributed by atoms with E-state index in [4.69, 9.17) is 0 Å². The fraction of sp³-hybridized carbons (Fsp3) is 0.278. The molecule has 2 heterocycles. The molecule has 9 nitrogen and oxygen atoms in total. The number of hydrogen-bond acceptors (Lipinski definition) is 7. The maximum Gasteiger partial charge on any atom is 0.337 e. The van der Waals surface area contributed by atoms with E-state index >= 15 is 0 Å². The van der Waals surface area contributed by atoms with Crippen molar-refractivity contribution in [1.29, 1.82) is 0 Å². The van der Waals surface area contributed by atoms with Crippen LogP contribution in [0.1, 0.15) is 20.8 Å². The van der Waals surface area contributed by atoms with Gasteiger partial charge in [-0.1, -0.05) is 6.07 Å². The van der Waals surface area contributed by atoms with Crippen molar-refractivity contribution in [2.45, 2.75) is 0 Å². The topological polar surface area (TPSA) is 105 Å². The molecule has 1 aromatic heterocycles. The van der Waals surface area contributed by atoms with Crippen LogP contribution in [0.25, 0.3) is 0 Å². The Kier molecular flexibility index (Phi) is 5.60. The van der Waals surface area contributed by atoms with Crippen molar-refractivity contribution in [2.75, 3.05) is 43.5 Å². The zero-order chi connectivity index (χ0) is 19.2. The molecule has 0 aliphatic carbocycles. The average molecular weight is 369 g/mol. The molecule has 0 atom stereocenters. The van der Waals surface area contributed by atoms with E-state index in [1.807, 2.05) is 4.90 Å². The lowest BCUT2D eigenvalue weighted by atomic mass is 10.2. The van der Waals surface area contributed by atoms with Gasteiger partial charge in [0.1, 0.15) is 11.5 Å². The number of aromatic nitrogens is 2. The number of nitrogens with zero attached hydrogens (tertiary/aromatic N) is 4. The fourth-order valence-corrected chi connectivity index (χ4v) is 2.70. The number of ether oxygens (including phenoxy) is 1. The average Bonchev–Trinajstić information content (AvgIpc) is 2.73. The summed E-state index contributed by atoms with van der Waals surface area (Å²) in [5, 5.41) is 2.68. The van der Waals surface area contributed by atoms with Crippen molar-refractivity contribution in [3.8, 4) is 0 Å².